The van der Waals surface area contributed by atoms with Crippen LogP contribution in [0.15, 0.2) is 54.6 Å². The topological polar surface area (TPSA) is 55.1 Å². The molecule has 2 aromatic rings. The number of hydrogen-bond donors (Lipinski definition) is 2. The molecule has 2 aromatic carbocycles. The van der Waals surface area contributed by atoms with E-state index in [1.165, 1.54) is 5.56 Å². The Balaban J connectivity index is 1.71. The maximum atomic E-state index is 11.1. The van der Waals surface area contributed by atoms with Crippen molar-refractivity contribution < 1.29 is 4.79 Å². The van der Waals surface area contributed by atoms with E-state index >= 15 is 0 Å². The first-order valence-electron chi connectivity index (χ1n) is 6.89. The van der Waals surface area contributed by atoms with Crippen molar-refractivity contribution in [2.45, 2.75) is 19.4 Å². The largest absolute Gasteiger partial charge is 0.366 e. The third-order valence-electron chi connectivity index (χ3n) is 3.20. The molecule has 0 aliphatic rings. The van der Waals surface area contributed by atoms with Crippen LogP contribution in [0, 0.1) is 0 Å². The van der Waals surface area contributed by atoms with E-state index in [2.05, 4.69) is 29.6 Å². The summed E-state index contributed by atoms with van der Waals surface area (Å²) in [5.41, 5.74) is 8.28. The average Bonchev–Trinajstić information content (AvgIpc) is 2.48. The van der Waals surface area contributed by atoms with Crippen LogP contribution in [-0.4, -0.2) is 12.5 Å². The molecule has 0 unspecified atom stereocenters. The SMILES string of the molecule is NC(=O)c1cccc(CNCCCc2ccccc2)c1. The van der Waals surface area contributed by atoms with Crippen molar-refractivity contribution in [3.05, 3.63) is 71.3 Å². The zero-order chi connectivity index (χ0) is 14.2. The number of nitrogens with two attached hydrogens (primary N) is 1. The Kier molecular flexibility index (Phi) is 5.33. The van der Waals surface area contributed by atoms with E-state index in [0.717, 1.165) is 31.5 Å². The summed E-state index contributed by atoms with van der Waals surface area (Å²) in [5, 5.41) is 3.39. The molecular formula is C17H20N2O. The highest BCUT2D eigenvalue weighted by Gasteiger charge is 2.00. The van der Waals surface area contributed by atoms with Gasteiger partial charge in [0.25, 0.3) is 0 Å². The lowest BCUT2D eigenvalue weighted by Crippen LogP contribution is -2.16. The van der Waals surface area contributed by atoms with Gasteiger partial charge in [-0.3, -0.25) is 4.79 Å². The molecule has 0 aliphatic heterocycles. The van der Waals surface area contributed by atoms with Crippen molar-refractivity contribution in [1.82, 2.24) is 5.32 Å². The van der Waals surface area contributed by atoms with Gasteiger partial charge in [-0.15, -0.1) is 0 Å². The number of amides is 1. The minimum absolute atomic E-state index is 0.379. The molecule has 0 radical (unpaired) electrons. The lowest BCUT2D eigenvalue weighted by molar-refractivity contribution is 0.1000. The van der Waals surface area contributed by atoms with Gasteiger partial charge < -0.3 is 11.1 Å². The van der Waals surface area contributed by atoms with Gasteiger partial charge in [0.15, 0.2) is 0 Å². The number of nitrogens with one attached hydrogen (secondary N) is 1. The second-order valence-corrected chi connectivity index (χ2v) is 4.83. The molecular weight excluding hydrogens is 248 g/mol. The summed E-state index contributed by atoms with van der Waals surface area (Å²) in [6.45, 7) is 1.71. The molecule has 104 valence electrons. The van der Waals surface area contributed by atoms with Crippen LogP contribution in [0.3, 0.4) is 0 Å². The Morgan fingerprint density at radius 3 is 2.50 bits per heavy atom. The maximum Gasteiger partial charge on any atom is 0.248 e. The molecule has 0 saturated heterocycles. The van der Waals surface area contributed by atoms with Crippen LogP contribution in [0.4, 0.5) is 0 Å². The molecule has 0 aliphatic carbocycles. The van der Waals surface area contributed by atoms with E-state index in [1.54, 1.807) is 6.07 Å². The van der Waals surface area contributed by atoms with Gasteiger partial charge >= 0.3 is 0 Å². The molecule has 0 saturated carbocycles. The van der Waals surface area contributed by atoms with Crippen molar-refractivity contribution >= 4 is 5.91 Å². The number of carbonyl (C=O) groups excluding carboxylic acids is 1. The van der Waals surface area contributed by atoms with Crippen LogP contribution in [0.2, 0.25) is 0 Å². The minimum Gasteiger partial charge on any atom is -0.366 e. The molecule has 0 bridgehead atoms. The van der Waals surface area contributed by atoms with E-state index in [4.69, 9.17) is 5.73 Å². The van der Waals surface area contributed by atoms with Crippen LogP contribution >= 0.6 is 0 Å². The number of benzene rings is 2. The first kappa shape index (κ1) is 14.3. The van der Waals surface area contributed by atoms with E-state index in [0.29, 0.717) is 5.56 Å². The zero-order valence-electron chi connectivity index (χ0n) is 11.5. The molecule has 3 N–H and O–H groups in total. The molecule has 20 heavy (non-hydrogen) atoms. The molecule has 1 amide bonds. The first-order valence-corrected chi connectivity index (χ1v) is 6.89. The number of rotatable bonds is 7. The van der Waals surface area contributed by atoms with Crippen LogP contribution in [0.1, 0.15) is 27.9 Å². The van der Waals surface area contributed by atoms with Gasteiger partial charge in [-0.2, -0.15) is 0 Å². The van der Waals surface area contributed by atoms with E-state index in [1.807, 2.05) is 24.3 Å². The third kappa shape index (κ3) is 4.52. The van der Waals surface area contributed by atoms with Crippen LogP contribution in [-0.2, 0) is 13.0 Å². The molecule has 3 nitrogen and oxygen atoms in total. The first-order chi connectivity index (χ1) is 9.75. The van der Waals surface area contributed by atoms with Crippen molar-refractivity contribution in [2.24, 2.45) is 5.73 Å². The Labute approximate surface area is 119 Å². The van der Waals surface area contributed by atoms with Crippen LogP contribution < -0.4 is 11.1 Å². The molecule has 0 spiro atoms. The fourth-order valence-electron chi connectivity index (χ4n) is 2.13. The van der Waals surface area contributed by atoms with Gasteiger partial charge in [-0.25, -0.2) is 0 Å². The van der Waals surface area contributed by atoms with E-state index in [9.17, 15) is 4.79 Å². The Morgan fingerprint density at radius 1 is 1.00 bits per heavy atom. The second kappa shape index (κ2) is 7.46. The molecule has 0 heterocycles. The van der Waals surface area contributed by atoms with Crippen LogP contribution in [0.5, 0.6) is 0 Å². The number of hydrogen-bond acceptors (Lipinski definition) is 2. The van der Waals surface area contributed by atoms with E-state index in [-0.39, 0.29) is 5.91 Å². The van der Waals surface area contributed by atoms with Crippen molar-refractivity contribution in [3.8, 4) is 0 Å². The van der Waals surface area contributed by atoms with Gasteiger partial charge in [-0.05, 0) is 42.6 Å². The van der Waals surface area contributed by atoms with E-state index < -0.39 is 0 Å². The fraction of sp³-hybridized carbons (Fsp3) is 0.235. The van der Waals surface area contributed by atoms with Crippen molar-refractivity contribution in [2.75, 3.05) is 6.54 Å². The Hall–Kier alpha value is -2.13. The number of aryl methyl sites for hydroxylation is 1. The van der Waals surface area contributed by atoms with Crippen molar-refractivity contribution in [1.29, 1.82) is 0 Å². The Bertz CT molecular complexity index is 552. The fourth-order valence-corrected chi connectivity index (χ4v) is 2.13. The van der Waals surface area contributed by atoms with Gasteiger partial charge in [0.05, 0.1) is 0 Å². The van der Waals surface area contributed by atoms with Crippen molar-refractivity contribution in [3.63, 3.8) is 0 Å². The minimum atomic E-state index is -0.379. The summed E-state index contributed by atoms with van der Waals surface area (Å²) in [6.07, 6.45) is 2.18. The third-order valence-corrected chi connectivity index (χ3v) is 3.20. The highest BCUT2D eigenvalue weighted by molar-refractivity contribution is 5.92. The summed E-state index contributed by atoms with van der Waals surface area (Å²) in [5.74, 6) is -0.379. The predicted octanol–water partition coefficient (Wildman–Crippen LogP) is 2.51. The summed E-state index contributed by atoms with van der Waals surface area (Å²) in [4.78, 5) is 11.1. The Morgan fingerprint density at radius 2 is 1.75 bits per heavy atom. The average molecular weight is 268 g/mol. The standard InChI is InChI=1S/C17H20N2O/c18-17(20)16-10-4-8-15(12-16)13-19-11-5-9-14-6-2-1-3-7-14/h1-4,6-8,10,12,19H,5,9,11,13H2,(H2,18,20). The second-order valence-electron chi connectivity index (χ2n) is 4.83. The highest BCUT2D eigenvalue weighted by atomic mass is 16.1. The maximum absolute atomic E-state index is 11.1. The van der Waals surface area contributed by atoms with Gasteiger partial charge in [0.1, 0.15) is 0 Å². The zero-order valence-corrected chi connectivity index (χ0v) is 11.5. The molecule has 0 fully saturated rings. The van der Waals surface area contributed by atoms with Gasteiger partial charge in [0.2, 0.25) is 5.91 Å². The van der Waals surface area contributed by atoms with Gasteiger partial charge in [0, 0.05) is 12.1 Å². The quantitative estimate of drug-likeness (QED) is 0.758. The molecule has 2 rings (SSSR count). The van der Waals surface area contributed by atoms with Crippen LogP contribution in [0.25, 0.3) is 0 Å². The lowest BCUT2D eigenvalue weighted by Gasteiger charge is -2.06. The smallest absolute Gasteiger partial charge is 0.248 e. The molecule has 0 atom stereocenters. The molecule has 0 aromatic heterocycles. The normalized spacial score (nSPS) is 10.4. The monoisotopic (exact) mass is 268 g/mol. The summed E-state index contributed by atoms with van der Waals surface area (Å²) >= 11 is 0. The predicted molar refractivity (Wildman–Crippen MR) is 81.4 cm³/mol. The summed E-state index contributed by atoms with van der Waals surface area (Å²) in [6, 6.07) is 17.9. The molecule has 3 heteroatoms. The number of primary amides is 1. The lowest BCUT2D eigenvalue weighted by atomic mass is 10.1. The number of carbonyl (C=O) groups is 1. The summed E-state index contributed by atoms with van der Waals surface area (Å²) < 4.78 is 0. The van der Waals surface area contributed by atoms with Gasteiger partial charge in [-0.1, -0.05) is 42.5 Å². The summed E-state index contributed by atoms with van der Waals surface area (Å²) in [7, 11) is 0. The highest BCUT2D eigenvalue weighted by Crippen LogP contribution is 2.05.